The van der Waals surface area contributed by atoms with Crippen molar-refractivity contribution in [1.29, 1.82) is 0 Å². The van der Waals surface area contributed by atoms with Crippen LogP contribution < -0.4 is 5.32 Å². The number of nitrogens with zero attached hydrogens (tertiary/aromatic N) is 2. The number of hydrogen-bond donors (Lipinski definition) is 1. The molecule has 0 aliphatic carbocycles. The second-order valence-corrected chi connectivity index (χ2v) is 9.75. The number of carbonyl (C=O) groups excluding carboxylic acids is 2. The van der Waals surface area contributed by atoms with Crippen molar-refractivity contribution in [3.8, 4) is 0 Å². The van der Waals surface area contributed by atoms with Crippen LogP contribution in [0.1, 0.15) is 28.5 Å². The summed E-state index contributed by atoms with van der Waals surface area (Å²) < 4.78 is 31.8. The van der Waals surface area contributed by atoms with Gasteiger partial charge in [0, 0.05) is 24.5 Å². The molecule has 3 rings (SSSR count). The molecule has 0 fully saturated rings. The number of thiazole rings is 1. The average molecular weight is 474 g/mol. The van der Waals surface area contributed by atoms with Gasteiger partial charge in [0.25, 0.3) is 5.91 Å². The molecule has 0 unspecified atom stereocenters. The van der Waals surface area contributed by atoms with E-state index in [1.54, 1.807) is 12.3 Å². The lowest BCUT2D eigenvalue weighted by Gasteiger charge is -2.17. The molecule has 168 valence electrons. The maximum atomic E-state index is 12.8. The van der Waals surface area contributed by atoms with Gasteiger partial charge in [0.15, 0.2) is 5.13 Å². The molecule has 0 aliphatic heterocycles. The molecular weight excluding hydrogens is 450 g/mol. The second kappa shape index (κ2) is 10.5. The summed E-state index contributed by atoms with van der Waals surface area (Å²) in [5, 5.41) is 4.67. The molecule has 3 aromatic rings. The van der Waals surface area contributed by atoms with E-state index in [0.717, 1.165) is 5.56 Å². The van der Waals surface area contributed by atoms with Crippen molar-refractivity contribution in [3.63, 3.8) is 0 Å². The van der Waals surface area contributed by atoms with Gasteiger partial charge in [-0.3, -0.25) is 14.9 Å². The summed E-state index contributed by atoms with van der Waals surface area (Å²) in [5.41, 5.74) is 1.67. The van der Waals surface area contributed by atoms with Crippen LogP contribution in [0.25, 0.3) is 0 Å². The number of benzene rings is 2. The first-order valence-corrected chi connectivity index (χ1v) is 12.1. The summed E-state index contributed by atoms with van der Waals surface area (Å²) >= 11 is 1.19. The third-order valence-electron chi connectivity index (χ3n) is 4.48. The Balaban J connectivity index is 1.64. The van der Waals surface area contributed by atoms with E-state index in [1.165, 1.54) is 47.0 Å². The number of aromatic nitrogens is 1. The van der Waals surface area contributed by atoms with Crippen molar-refractivity contribution in [1.82, 2.24) is 9.29 Å². The first-order chi connectivity index (χ1) is 15.3. The summed E-state index contributed by atoms with van der Waals surface area (Å²) in [6.45, 7) is 2.26. The van der Waals surface area contributed by atoms with E-state index in [0.29, 0.717) is 17.4 Å². The summed E-state index contributed by atoms with van der Waals surface area (Å²) in [4.78, 5) is 28.3. The summed E-state index contributed by atoms with van der Waals surface area (Å²) in [7, 11) is -2.19. The average Bonchev–Trinajstić information content (AvgIpc) is 3.21. The van der Waals surface area contributed by atoms with Gasteiger partial charge in [-0.25, -0.2) is 13.4 Å². The molecule has 32 heavy (non-hydrogen) atoms. The molecule has 1 N–H and O–H groups in total. The third kappa shape index (κ3) is 6.00. The number of nitrogens with one attached hydrogen (secondary N) is 1. The van der Waals surface area contributed by atoms with Crippen LogP contribution in [0.4, 0.5) is 5.13 Å². The molecule has 1 aromatic heterocycles. The minimum atomic E-state index is -3.70. The first-order valence-electron chi connectivity index (χ1n) is 9.81. The van der Waals surface area contributed by atoms with Gasteiger partial charge < -0.3 is 4.74 Å². The van der Waals surface area contributed by atoms with Crippen LogP contribution in [-0.2, 0) is 32.5 Å². The van der Waals surface area contributed by atoms with Crippen LogP contribution in [0.15, 0.2) is 64.9 Å². The lowest BCUT2D eigenvalue weighted by molar-refractivity contribution is -0.142. The zero-order valence-electron chi connectivity index (χ0n) is 17.6. The normalized spacial score (nSPS) is 11.3. The second-order valence-electron chi connectivity index (χ2n) is 6.85. The van der Waals surface area contributed by atoms with E-state index < -0.39 is 15.9 Å². The highest BCUT2D eigenvalue weighted by Crippen LogP contribution is 2.20. The maximum absolute atomic E-state index is 12.8. The largest absolute Gasteiger partial charge is 0.466 e. The van der Waals surface area contributed by atoms with Crippen molar-refractivity contribution in [2.24, 2.45) is 0 Å². The smallest absolute Gasteiger partial charge is 0.311 e. The fourth-order valence-corrected chi connectivity index (χ4v) is 4.72. The molecule has 8 nitrogen and oxygen atoms in total. The van der Waals surface area contributed by atoms with Gasteiger partial charge in [-0.15, -0.1) is 11.3 Å². The highest BCUT2D eigenvalue weighted by Gasteiger charge is 2.21. The number of rotatable bonds is 9. The van der Waals surface area contributed by atoms with Gasteiger partial charge in [0.2, 0.25) is 10.0 Å². The minimum absolute atomic E-state index is 0.0310. The summed E-state index contributed by atoms with van der Waals surface area (Å²) in [5.74, 6) is -0.812. The van der Waals surface area contributed by atoms with E-state index in [4.69, 9.17) is 4.74 Å². The number of sulfonamides is 1. The fourth-order valence-electron chi connectivity index (χ4n) is 2.86. The monoisotopic (exact) mass is 473 g/mol. The third-order valence-corrected chi connectivity index (χ3v) is 7.10. The number of carbonyl (C=O) groups is 2. The fraction of sp³-hybridized carbons (Fsp3) is 0.227. The Bertz CT molecular complexity index is 1180. The standard InChI is InChI=1S/C22H23N3O5S2/c1-3-30-20(26)13-18-15-31-22(23-18)24-21(27)17-9-11-19(12-10-17)32(28,29)25(2)14-16-7-5-4-6-8-16/h4-12,15H,3,13-14H2,1-2H3,(H,23,24,27). The van der Waals surface area contributed by atoms with Crippen molar-refractivity contribution in [2.45, 2.75) is 24.8 Å². The Morgan fingerprint density at radius 3 is 2.44 bits per heavy atom. The molecule has 0 spiro atoms. The lowest BCUT2D eigenvalue weighted by atomic mass is 10.2. The van der Waals surface area contributed by atoms with Crippen LogP contribution in [0.5, 0.6) is 0 Å². The van der Waals surface area contributed by atoms with E-state index in [2.05, 4.69) is 10.3 Å². The van der Waals surface area contributed by atoms with Crippen molar-refractivity contribution < 1.29 is 22.7 Å². The molecule has 10 heteroatoms. The zero-order chi connectivity index (χ0) is 23.1. The Labute approximate surface area is 190 Å². The highest BCUT2D eigenvalue weighted by atomic mass is 32.2. The number of amides is 1. The number of hydrogen-bond acceptors (Lipinski definition) is 7. The molecule has 1 heterocycles. The molecule has 1 amide bonds. The SMILES string of the molecule is CCOC(=O)Cc1csc(NC(=O)c2ccc(S(=O)(=O)N(C)Cc3ccccc3)cc2)n1. The Morgan fingerprint density at radius 1 is 1.09 bits per heavy atom. The van der Waals surface area contributed by atoms with Gasteiger partial charge in [-0.2, -0.15) is 4.31 Å². The van der Waals surface area contributed by atoms with E-state index in [9.17, 15) is 18.0 Å². The van der Waals surface area contributed by atoms with Gasteiger partial charge in [-0.05, 0) is 36.8 Å². The molecule has 2 aromatic carbocycles. The van der Waals surface area contributed by atoms with Crippen molar-refractivity contribution in [2.75, 3.05) is 19.0 Å². The quantitative estimate of drug-likeness (QED) is 0.478. The van der Waals surface area contributed by atoms with E-state index >= 15 is 0 Å². The first kappa shape index (κ1) is 23.6. The predicted molar refractivity (Wildman–Crippen MR) is 122 cm³/mol. The van der Waals surface area contributed by atoms with Crippen LogP contribution >= 0.6 is 11.3 Å². The minimum Gasteiger partial charge on any atom is -0.466 e. The molecule has 0 bridgehead atoms. The zero-order valence-corrected chi connectivity index (χ0v) is 19.3. The predicted octanol–water partition coefficient (Wildman–Crippen LogP) is 3.32. The van der Waals surface area contributed by atoms with Crippen LogP contribution in [0.3, 0.4) is 0 Å². The van der Waals surface area contributed by atoms with Gasteiger partial charge in [0.05, 0.1) is 23.6 Å². The molecule has 0 radical (unpaired) electrons. The van der Waals surface area contributed by atoms with Crippen LogP contribution in [-0.4, -0.2) is 43.2 Å². The topological polar surface area (TPSA) is 106 Å². The van der Waals surface area contributed by atoms with E-state index in [-0.39, 0.29) is 29.4 Å². The Hall–Kier alpha value is -3.08. The van der Waals surface area contributed by atoms with E-state index in [1.807, 2.05) is 30.3 Å². The lowest BCUT2D eigenvalue weighted by Crippen LogP contribution is -2.26. The Morgan fingerprint density at radius 2 is 1.78 bits per heavy atom. The van der Waals surface area contributed by atoms with Gasteiger partial charge >= 0.3 is 5.97 Å². The number of ether oxygens (including phenoxy) is 1. The van der Waals surface area contributed by atoms with Crippen molar-refractivity contribution in [3.05, 3.63) is 76.8 Å². The van der Waals surface area contributed by atoms with Crippen LogP contribution in [0.2, 0.25) is 0 Å². The summed E-state index contributed by atoms with van der Waals surface area (Å²) in [6, 6.07) is 15.0. The molecular formula is C22H23N3O5S2. The molecule has 0 atom stereocenters. The van der Waals surface area contributed by atoms with Gasteiger partial charge in [0.1, 0.15) is 0 Å². The molecule has 0 saturated heterocycles. The highest BCUT2D eigenvalue weighted by molar-refractivity contribution is 7.89. The molecule has 0 aliphatic rings. The van der Waals surface area contributed by atoms with Crippen LogP contribution in [0, 0.1) is 0 Å². The maximum Gasteiger partial charge on any atom is 0.311 e. The number of esters is 1. The summed E-state index contributed by atoms with van der Waals surface area (Å²) in [6.07, 6.45) is 0.0310. The van der Waals surface area contributed by atoms with Gasteiger partial charge in [-0.1, -0.05) is 30.3 Å². The number of anilines is 1. The Kier molecular flexibility index (Phi) is 7.73. The molecule has 0 saturated carbocycles. The van der Waals surface area contributed by atoms with Crippen molar-refractivity contribution >= 4 is 38.4 Å².